The van der Waals surface area contributed by atoms with Crippen molar-refractivity contribution in [2.75, 3.05) is 32.2 Å². The topological polar surface area (TPSA) is 24.5 Å². The zero-order valence-electron chi connectivity index (χ0n) is 13.2. The number of anilines is 1. The average molecular weight is 299 g/mol. The predicted molar refractivity (Wildman–Crippen MR) is 87.9 cm³/mol. The summed E-state index contributed by atoms with van der Waals surface area (Å²) in [5, 5.41) is 4.27. The number of hydrogen-bond donors (Lipinski definition) is 1. The third kappa shape index (κ3) is 4.65. The molecule has 0 aliphatic carbocycles. The zero-order valence-corrected chi connectivity index (χ0v) is 14.0. The molecule has 0 aliphatic heterocycles. The summed E-state index contributed by atoms with van der Waals surface area (Å²) in [5.41, 5.74) is 2.27. The Hall–Kier alpha value is -0.770. The number of hydrogen-bond acceptors (Lipinski definition) is 3. The van der Waals surface area contributed by atoms with E-state index in [1.807, 2.05) is 7.05 Å². The highest BCUT2D eigenvalue weighted by Gasteiger charge is 2.14. The lowest BCUT2D eigenvalue weighted by Gasteiger charge is -2.28. The second-order valence-electron chi connectivity index (χ2n) is 5.30. The molecule has 1 aromatic rings. The monoisotopic (exact) mass is 298 g/mol. The highest BCUT2D eigenvalue weighted by atomic mass is 35.5. The summed E-state index contributed by atoms with van der Waals surface area (Å²) in [6.45, 7) is 8.16. The van der Waals surface area contributed by atoms with Crippen molar-refractivity contribution in [3.05, 3.63) is 28.8 Å². The molecule has 2 unspecified atom stereocenters. The zero-order chi connectivity index (χ0) is 15.1. The first-order valence-corrected chi connectivity index (χ1v) is 7.63. The lowest BCUT2D eigenvalue weighted by molar-refractivity contribution is 0.183. The number of nitrogens with one attached hydrogen (secondary N) is 1. The summed E-state index contributed by atoms with van der Waals surface area (Å²) in [6.07, 6.45) is 1.13. The summed E-state index contributed by atoms with van der Waals surface area (Å²) in [5.74, 6) is 0. The minimum Gasteiger partial charge on any atom is -0.383 e. The smallest absolute Gasteiger partial charge is 0.0663 e. The van der Waals surface area contributed by atoms with Crippen LogP contribution in [0.25, 0.3) is 0 Å². The molecule has 0 saturated carbocycles. The maximum atomic E-state index is 6.44. The normalized spacial score (nSPS) is 14.1. The van der Waals surface area contributed by atoms with Gasteiger partial charge in [-0.15, -0.1) is 0 Å². The highest BCUT2D eigenvalue weighted by molar-refractivity contribution is 6.33. The number of halogens is 1. The van der Waals surface area contributed by atoms with E-state index in [0.29, 0.717) is 18.7 Å². The van der Waals surface area contributed by atoms with Crippen LogP contribution in [-0.4, -0.2) is 33.4 Å². The van der Waals surface area contributed by atoms with Gasteiger partial charge < -0.3 is 15.0 Å². The van der Waals surface area contributed by atoms with E-state index in [1.165, 1.54) is 5.56 Å². The second kappa shape index (κ2) is 8.50. The second-order valence-corrected chi connectivity index (χ2v) is 5.71. The first-order chi connectivity index (χ1) is 9.51. The van der Waals surface area contributed by atoms with Gasteiger partial charge in [0.2, 0.25) is 0 Å². The van der Waals surface area contributed by atoms with Crippen LogP contribution in [0.3, 0.4) is 0 Å². The van der Waals surface area contributed by atoms with E-state index < -0.39 is 0 Å². The van der Waals surface area contributed by atoms with Crippen LogP contribution in [0.5, 0.6) is 0 Å². The minimum absolute atomic E-state index is 0.291. The molecule has 0 aromatic heterocycles. The largest absolute Gasteiger partial charge is 0.383 e. The van der Waals surface area contributed by atoms with Gasteiger partial charge in [-0.3, -0.25) is 0 Å². The van der Waals surface area contributed by atoms with Gasteiger partial charge in [-0.2, -0.15) is 0 Å². The molecule has 0 saturated heterocycles. The van der Waals surface area contributed by atoms with E-state index in [9.17, 15) is 0 Å². The van der Waals surface area contributed by atoms with Crippen molar-refractivity contribution in [2.45, 2.75) is 39.3 Å². The van der Waals surface area contributed by atoms with Crippen LogP contribution in [0.1, 0.15) is 38.8 Å². The number of likely N-dealkylation sites (N-methyl/N-ethyl adjacent to an activating group) is 1. The highest BCUT2D eigenvalue weighted by Crippen LogP contribution is 2.29. The molecular weight excluding hydrogens is 272 g/mol. The van der Waals surface area contributed by atoms with Crippen molar-refractivity contribution in [1.29, 1.82) is 0 Å². The third-order valence-corrected chi connectivity index (χ3v) is 3.92. The van der Waals surface area contributed by atoms with Gasteiger partial charge in [-0.25, -0.2) is 0 Å². The van der Waals surface area contributed by atoms with Gasteiger partial charge in [0, 0.05) is 26.2 Å². The van der Waals surface area contributed by atoms with Gasteiger partial charge in [0.15, 0.2) is 0 Å². The van der Waals surface area contributed by atoms with Gasteiger partial charge in [-0.05, 0) is 44.5 Å². The number of ether oxygens (including phenoxy) is 1. The number of methoxy groups -OCH3 is 1. The van der Waals surface area contributed by atoms with Gasteiger partial charge in [0.25, 0.3) is 0 Å². The molecule has 2 atom stereocenters. The van der Waals surface area contributed by atoms with E-state index in [2.05, 4.69) is 49.2 Å². The van der Waals surface area contributed by atoms with Crippen molar-refractivity contribution in [3.8, 4) is 0 Å². The van der Waals surface area contributed by atoms with Crippen LogP contribution in [0.4, 0.5) is 5.69 Å². The molecule has 1 aromatic carbocycles. The summed E-state index contributed by atoms with van der Waals surface area (Å²) in [6, 6.07) is 6.90. The first kappa shape index (κ1) is 17.3. The van der Waals surface area contributed by atoms with Crippen LogP contribution in [-0.2, 0) is 4.74 Å². The Kier molecular flexibility index (Phi) is 7.35. The van der Waals surface area contributed by atoms with Crippen LogP contribution in [0.15, 0.2) is 18.2 Å². The molecule has 0 amide bonds. The van der Waals surface area contributed by atoms with Gasteiger partial charge >= 0.3 is 0 Å². The molecule has 4 heteroatoms. The Morgan fingerprint density at radius 3 is 2.60 bits per heavy atom. The van der Waals surface area contributed by atoms with Crippen LogP contribution in [0, 0.1) is 0 Å². The Bertz CT molecular complexity index is 411. The van der Waals surface area contributed by atoms with E-state index in [0.717, 1.165) is 23.7 Å². The molecule has 114 valence electrons. The van der Waals surface area contributed by atoms with Gasteiger partial charge in [0.1, 0.15) is 0 Å². The molecule has 0 radical (unpaired) electrons. The third-order valence-electron chi connectivity index (χ3n) is 3.62. The minimum atomic E-state index is 0.291. The predicted octanol–water partition coefficient (Wildman–Crippen LogP) is 3.87. The number of nitrogens with zero attached hydrogens (tertiary/aromatic N) is 1. The maximum absolute atomic E-state index is 6.44. The Morgan fingerprint density at radius 2 is 2.05 bits per heavy atom. The summed E-state index contributed by atoms with van der Waals surface area (Å²) in [4.78, 5) is 2.15. The molecule has 0 bridgehead atoms. The fourth-order valence-corrected chi connectivity index (χ4v) is 2.47. The first-order valence-electron chi connectivity index (χ1n) is 7.25. The Labute approximate surface area is 128 Å². The van der Waals surface area contributed by atoms with Crippen molar-refractivity contribution in [2.24, 2.45) is 0 Å². The fourth-order valence-electron chi connectivity index (χ4n) is 2.15. The van der Waals surface area contributed by atoms with Crippen molar-refractivity contribution >= 4 is 17.3 Å². The van der Waals surface area contributed by atoms with Crippen molar-refractivity contribution in [1.82, 2.24) is 5.32 Å². The van der Waals surface area contributed by atoms with Crippen LogP contribution in [0.2, 0.25) is 5.02 Å². The fraction of sp³-hybridized carbons (Fsp3) is 0.625. The standard InChI is InChI=1S/C16H27ClN2O/c1-6-9-18-13(3)14-7-8-16(15(17)10-14)19(4)12(2)11-20-5/h7-8,10,12-13,18H,6,9,11H2,1-5H3. The molecule has 0 aliphatic rings. The van der Waals surface area contributed by atoms with Gasteiger partial charge in [0.05, 0.1) is 17.3 Å². The van der Waals surface area contributed by atoms with Crippen LogP contribution >= 0.6 is 11.6 Å². The average Bonchev–Trinajstić information content (AvgIpc) is 2.44. The number of benzene rings is 1. The molecule has 1 rings (SSSR count). The molecule has 1 N–H and O–H groups in total. The molecule has 3 nitrogen and oxygen atoms in total. The maximum Gasteiger partial charge on any atom is 0.0663 e. The van der Waals surface area contributed by atoms with Crippen molar-refractivity contribution < 1.29 is 4.74 Å². The summed E-state index contributed by atoms with van der Waals surface area (Å²) >= 11 is 6.44. The van der Waals surface area contributed by atoms with Crippen molar-refractivity contribution in [3.63, 3.8) is 0 Å². The Balaban J connectivity index is 2.82. The summed E-state index contributed by atoms with van der Waals surface area (Å²) in [7, 11) is 3.76. The molecule has 0 fully saturated rings. The quantitative estimate of drug-likeness (QED) is 0.788. The summed E-state index contributed by atoms with van der Waals surface area (Å²) < 4.78 is 5.20. The molecule has 20 heavy (non-hydrogen) atoms. The van der Waals surface area contributed by atoms with E-state index in [4.69, 9.17) is 16.3 Å². The molecule has 0 heterocycles. The van der Waals surface area contributed by atoms with Crippen LogP contribution < -0.4 is 10.2 Å². The lowest BCUT2D eigenvalue weighted by atomic mass is 10.1. The molecular formula is C16H27ClN2O. The van der Waals surface area contributed by atoms with E-state index in [-0.39, 0.29) is 0 Å². The lowest BCUT2D eigenvalue weighted by Crippen LogP contribution is -2.32. The van der Waals surface area contributed by atoms with E-state index >= 15 is 0 Å². The molecule has 0 spiro atoms. The van der Waals surface area contributed by atoms with E-state index in [1.54, 1.807) is 7.11 Å². The SMILES string of the molecule is CCCNC(C)c1ccc(N(C)C(C)COC)c(Cl)c1. The Morgan fingerprint density at radius 1 is 1.35 bits per heavy atom. The number of rotatable bonds is 8. The van der Waals surface area contributed by atoms with Gasteiger partial charge in [-0.1, -0.05) is 24.6 Å².